The van der Waals surface area contributed by atoms with Crippen molar-refractivity contribution in [2.45, 2.75) is 23.9 Å². The van der Waals surface area contributed by atoms with Crippen LogP contribution in [0.15, 0.2) is 59.8 Å². The first-order chi connectivity index (χ1) is 16.2. The minimum Gasteiger partial charge on any atom is -0.369 e. The summed E-state index contributed by atoms with van der Waals surface area (Å²) < 4.78 is 14.9. The molecule has 0 saturated carbocycles. The van der Waals surface area contributed by atoms with Crippen molar-refractivity contribution in [2.75, 3.05) is 36.8 Å². The molecule has 172 valence electrons. The predicted molar refractivity (Wildman–Crippen MR) is 124 cm³/mol. The Kier molecular flexibility index (Phi) is 6.51. The minimum atomic E-state index is -0.229. The zero-order valence-electron chi connectivity index (χ0n) is 18.0. The summed E-state index contributed by atoms with van der Waals surface area (Å²) in [7, 11) is 0. The number of carbonyl (C=O) groups is 1. The first kappa shape index (κ1) is 21.8. The quantitative estimate of drug-likeness (QED) is 0.526. The molecule has 0 aliphatic carbocycles. The summed E-state index contributed by atoms with van der Waals surface area (Å²) >= 11 is 1.53. The molecule has 9 nitrogen and oxygen atoms in total. The Labute approximate surface area is 195 Å². The summed E-state index contributed by atoms with van der Waals surface area (Å²) in [5.41, 5.74) is 1.92. The lowest BCUT2D eigenvalue weighted by Crippen LogP contribution is -2.67. The number of tetrazole rings is 1. The molecule has 0 spiro atoms. The Bertz CT molecular complexity index is 1070. The summed E-state index contributed by atoms with van der Waals surface area (Å²) in [5, 5.41) is 19.4. The Morgan fingerprint density at radius 2 is 1.76 bits per heavy atom. The first-order valence-corrected chi connectivity index (χ1v) is 11.9. The van der Waals surface area contributed by atoms with Crippen molar-refractivity contribution in [3.05, 3.63) is 60.4 Å². The van der Waals surface area contributed by atoms with Crippen molar-refractivity contribution in [2.24, 2.45) is 0 Å². The van der Waals surface area contributed by atoms with Gasteiger partial charge in [-0.2, -0.15) is 4.68 Å². The highest BCUT2D eigenvalue weighted by Crippen LogP contribution is 2.22. The van der Waals surface area contributed by atoms with Crippen molar-refractivity contribution < 1.29 is 9.18 Å². The molecular formula is C22H25FN8OS. The van der Waals surface area contributed by atoms with Crippen LogP contribution in [0.3, 0.4) is 0 Å². The van der Waals surface area contributed by atoms with Crippen molar-refractivity contribution in [1.29, 1.82) is 0 Å². The number of aromatic nitrogens is 4. The molecule has 0 radical (unpaired) electrons. The predicted octanol–water partition coefficient (Wildman–Crippen LogP) is 1.48. The van der Waals surface area contributed by atoms with E-state index in [1.807, 2.05) is 42.5 Å². The first-order valence-electron chi connectivity index (χ1n) is 10.9. The molecule has 1 amide bonds. The molecule has 2 fully saturated rings. The third-order valence-corrected chi connectivity index (χ3v) is 6.93. The number of piperazine rings is 1. The Morgan fingerprint density at radius 3 is 2.52 bits per heavy atom. The number of amides is 1. The van der Waals surface area contributed by atoms with Crippen LogP contribution in [0.5, 0.6) is 0 Å². The van der Waals surface area contributed by atoms with E-state index in [1.165, 1.54) is 23.9 Å². The molecule has 2 N–H and O–H groups in total. The van der Waals surface area contributed by atoms with Gasteiger partial charge in [-0.25, -0.2) is 4.39 Å². The number of thioether (sulfide) groups is 1. The Hall–Kier alpha value is -3.02. The molecule has 2 aliphatic heterocycles. The van der Waals surface area contributed by atoms with Gasteiger partial charge in [0.2, 0.25) is 11.1 Å². The lowest BCUT2D eigenvalue weighted by atomic mass is 10.1. The van der Waals surface area contributed by atoms with Crippen molar-refractivity contribution >= 4 is 23.4 Å². The van der Waals surface area contributed by atoms with Crippen LogP contribution in [0.2, 0.25) is 0 Å². The number of nitrogens with zero attached hydrogens (tertiary/aromatic N) is 6. The smallest absolute Gasteiger partial charge is 0.223 e. The third-order valence-electron chi connectivity index (χ3n) is 5.85. The average molecular weight is 469 g/mol. The Balaban J connectivity index is 1.17. The molecule has 0 bridgehead atoms. The maximum absolute atomic E-state index is 13.2. The summed E-state index contributed by atoms with van der Waals surface area (Å²) in [6, 6.07) is 16.3. The number of anilines is 1. The number of carbonyl (C=O) groups excluding carboxylic acids is 1. The highest BCUT2D eigenvalue weighted by atomic mass is 32.2. The van der Waals surface area contributed by atoms with Crippen LogP contribution >= 0.6 is 11.8 Å². The fourth-order valence-corrected chi connectivity index (χ4v) is 5.05. The van der Waals surface area contributed by atoms with Crippen LogP contribution in [-0.4, -0.2) is 75.3 Å². The van der Waals surface area contributed by atoms with Crippen LogP contribution < -0.4 is 15.5 Å². The average Bonchev–Trinajstić information content (AvgIpc) is 3.32. The van der Waals surface area contributed by atoms with E-state index in [4.69, 9.17) is 0 Å². The molecule has 11 heteroatoms. The van der Waals surface area contributed by atoms with E-state index in [1.54, 1.807) is 4.68 Å². The highest BCUT2D eigenvalue weighted by Gasteiger charge is 2.32. The summed E-state index contributed by atoms with van der Waals surface area (Å²) in [5.74, 6) is 0.480. The molecule has 2 atom stereocenters. The fourth-order valence-electron chi connectivity index (χ4n) is 4.13. The van der Waals surface area contributed by atoms with E-state index in [9.17, 15) is 9.18 Å². The second-order valence-electron chi connectivity index (χ2n) is 8.06. The van der Waals surface area contributed by atoms with Crippen molar-refractivity contribution in [3.63, 3.8) is 0 Å². The van der Waals surface area contributed by atoms with Gasteiger partial charge in [0, 0.05) is 50.1 Å². The second kappa shape index (κ2) is 9.86. The summed E-state index contributed by atoms with van der Waals surface area (Å²) in [4.78, 5) is 16.9. The molecule has 33 heavy (non-hydrogen) atoms. The van der Waals surface area contributed by atoms with E-state index < -0.39 is 0 Å². The SMILES string of the molecule is O=C1CC(CSc2nnnn2-c2ccccc2)NC(N2CCN(c3ccc(F)cc3)CC2)N1. The zero-order valence-corrected chi connectivity index (χ0v) is 18.8. The molecule has 2 aliphatic rings. The van der Waals surface area contributed by atoms with Gasteiger partial charge in [0.1, 0.15) is 12.1 Å². The largest absolute Gasteiger partial charge is 0.369 e. The number of halogens is 1. The molecule has 3 heterocycles. The number of benzene rings is 2. The number of hydrogen-bond acceptors (Lipinski definition) is 8. The van der Waals surface area contributed by atoms with Gasteiger partial charge < -0.3 is 10.2 Å². The number of hydrogen-bond donors (Lipinski definition) is 2. The monoisotopic (exact) mass is 468 g/mol. The molecule has 3 aromatic rings. The molecule has 2 unspecified atom stereocenters. The van der Waals surface area contributed by atoms with Crippen LogP contribution in [0.1, 0.15) is 6.42 Å². The number of rotatable bonds is 6. The van der Waals surface area contributed by atoms with E-state index in [0.717, 1.165) is 37.6 Å². The number of nitrogens with one attached hydrogen (secondary N) is 2. The maximum atomic E-state index is 13.2. The van der Waals surface area contributed by atoms with Crippen LogP contribution in [0, 0.1) is 5.82 Å². The van der Waals surface area contributed by atoms with Gasteiger partial charge in [-0.15, -0.1) is 5.10 Å². The summed E-state index contributed by atoms with van der Waals surface area (Å²) in [6.07, 6.45) is 0.198. The van der Waals surface area contributed by atoms with Gasteiger partial charge in [0.25, 0.3) is 0 Å². The maximum Gasteiger partial charge on any atom is 0.223 e. The van der Waals surface area contributed by atoms with Gasteiger partial charge in [-0.1, -0.05) is 30.0 Å². The van der Waals surface area contributed by atoms with Gasteiger partial charge in [0.05, 0.1) is 5.69 Å². The lowest BCUT2D eigenvalue weighted by Gasteiger charge is -2.43. The van der Waals surface area contributed by atoms with E-state index in [0.29, 0.717) is 17.3 Å². The Morgan fingerprint density at radius 1 is 1.00 bits per heavy atom. The van der Waals surface area contributed by atoms with Gasteiger partial charge in [-0.05, 0) is 46.8 Å². The molecule has 2 aromatic carbocycles. The zero-order chi connectivity index (χ0) is 22.6. The number of para-hydroxylation sites is 1. The standard InChI is InChI=1S/C22H25FN8OS/c23-16-6-8-18(9-7-16)29-10-12-30(13-11-29)21-24-17(14-20(32)25-21)15-33-22-26-27-28-31(22)19-4-2-1-3-5-19/h1-9,17,21,24H,10-15H2,(H,25,32). The van der Waals surface area contributed by atoms with Gasteiger partial charge in [0.15, 0.2) is 0 Å². The topological polar surface area (TPSA) is 91.2 Å². The van der Waals surface area contributed by atoms with E-state index in [-0.39, 0.29) is 24.1 Å². The summed E-state index contributed by atoms with van der Waals surface area (Å²) in [6.45, 7) is 3.21. The highest BCUT2D eigenvalue weighted by molar-refractivity contribution is 7.99. The van der Waals surface area contributed by atoms with Crippen LogP contribution in [-0.2, 0) is 4.79 Å². The minimum absolute atomic E-state index is 0.00445. The van der Waals surface area contributed by atoms with Crippen molar-refractivity contribution in [3.8, 4) is 5.69 Å². The van der Waals surface area contributed by atoms with Crippen LogP contribution in [0.4, 0.5) is 10.1 Å². The molecule has 5 rings (SSSR count). The van der Waals surface area contributed by atoms with Gasteiger partial charge >= 0.3 is 0 Å². The van der Waals surface area contributed by atoms with E-state index >= 15 is 0 Å². The normalized spacial score (nSPS) is 21.7. The molecule has 1 aromatic heterocycles. The van der Waals surface area contributed by atoms with Crippen LogP contribution in [0.25, 0.3) is 5.69 Å². The van der Waals surface area contributed by atoms with Crippen molar-refractivity contribution in [1.82, 2.24) is 35.7 Å². The van der Waals surface area contributed by atoms with Gasteiger partial charge in [-0.3, -0.25) is 15.0 Å². The van der Waals surface area contributed by atoms with E-state index in [2.05, 4.69) is 36.0 Å². The molecule has 2 saturated heterocycles. The molecular weight excluding hydrogens is 443 g/mol. The third kappa shape index (κ3) is 5.15. The fraction of sp³-hybridized carbons (Fsp3) is 0.364. The lowest BCUT2D eigenvalue weighted by molar-refractivity contribution is -0.126. The second-order valence-corrected chi connectivity index (χ2v) is 9.04.